The van der Waals surface area contributed by atoms with Crippen LogP contribution in [0, 0.1) is 17.8 Å². The highest BCUT2D eigenvalue weighted by molar-refractivity contribution is 5.67. The number of piperidine rings is 4. The van der Waals surface area contributed by atoms with Gasteiger partial charge in [-0.25, -0.2) is 0 Å². The number of fused-ring (bicyclic) bond motifs is 2. The molecule has 0 amide bonds. The van der Waals surface area contributed by atoms with Crippen LogP contribution in [0.25, 0.3) is 0 Å². The third kappa shape index (κ3) is 1.20. The van der Waals surface area contributed by atoms with Gasteiger partial charge in [0.15, 0.2) is 0 Å². The van der Waals surface area contributed by atoms with Crippen molar-refractivity contribution >= 4 is 5.69 Å². The van der Waals surface area contributed by atoms with Gasteiger partial charge < -0.3 is 15.1 Å². The lowest BCUT2D eigenvalue weighted by molar-refractivity contribution is -0.211. The first-order valence-corrected chi connectivity index (χ1v) is 9.57. The number of rotatable bonds is 1. The molecule has 10 atom stereocenters. The number of hydrogen-bond acceptors (Lipinski definition) is 4. The first-order valence-electron chi connectivity index (χ1n) is 9.57. The van der Waals surface area contributed by atoms with Gasteiger partial charge in [0.05, 0.1) is 12.1 Å². The number of nitrogens with zero attached hydrogens (tertiary/aromatic N) is 2. The molecule has 6 aliphatic rings. The van der Waals surface area contributed by atoms with E-state index >= 15 is 0 Å². The third-order valence-electron chi connectivity index (χ3n) is 8.46. The number of benzene rings is 1. The first kappa shape index (κ1) is 14.1. The summed E-state index contributed by atoms with van der Waals surface area (Å²) < 4.78 is 0. The van der Waals surface area contributed by atoms with Gasteiger partial charge in [-0.1, -0.05) is 25.1 Å². The maximum absolute atomic E-state index is 11.6. The second-order valence-electron chi connectivity index (χ2n) is 8.81. The minimum Gasteiger partial charge on any atom is -0.392 e. The molecule has 7 rings (SSSR count). The lowest BCUT2D eigenvalue weighted by Crippen LogP contribution is -2.72. The van der Waals surface area contributed by atoms with Gasteiger partial charge in [-0.2, -0.15) is 0 Å². The Morgan fingerprint density at radius 2 is 2.00 bits per heavy atom. The number of para-hydroxylation sites is 1. The van der Waals surface area contributed by atoms with E-state index in [0.29, 0.717) is 35.9 Å². The van der Waals surface area contributed by atoms with Crippen molar-refractivity contribution in [1.29, 1.82) is 0 Å². The summed E-state index contributed by atoms with van der Waals surface area (Å²) in [5, 5.41) is 22.6. The molecule has 128 valence electrons. The minimum atomic E-state index is -0.319. The summed E-state index contributed by atoms with van der Waals surface area (Å²) in [4.78, 5) is 4.83. The zero-order valence-corrected chi connectivity index (χ0v) is 14.3. The van der Waals surface area contributed by atoms with Crippen molar-refractivity contribution in [1.82, 2.24) is 4.90 Å². The predicted octanol–water partition coefficient (Wildman–Crippen LogP) is 1.55. The fraction of sp³-hybridized carbons (Fsp3) is 0.700. The average Bonchev–Trinajstić information content (AvgIpc) is 2.97. The Kier molecular flexibility index (Phi) is 2.45. The predicted molar refractivity (Wildman–Crippen MR) is 91.7 cm³/mol. The lowest BCUT2D eigenvalue weighted by atomic mass is 9.62. The Morgan fingerprint density at radius 1 is 1.21 bits per heavy atom. The molecule has 5 fully saturated rings. The Hall–Kier alpha value is -1.10. The summed E-state index contributed by atoms with van der Waals surface area (Å²) in [5.74, 6) is 1.14. The molecule has 1 spiro atoms. The van der Waals surface area contributed by atoms with Crippen molar-refractivity contribution in [3.8, 4) is 0 Å². The van der Waals surface area contributed by atoms with Crippen molar-refractivity contribution in [3.63, 3.8) is 0 Å². The molecule has 0 radical (unpaired) electrons. The summed E-state index contributed by atoms with van der Waals surface area (Å²) in [6, 6.07) is 9.70. The molecule has 5 aliphatic heterocycles. The van der Waals surface area contributed by atoms with E-state index in [1.54, 1.807) is 0 Å². The van der Waals surface area contributed by atoms with Gasteiger partial charge in [0.25, 0.3) is 0 Å². The van der Waals surface area contributed by atoms with Crippen LogP contribution in [0.3, 0.4) is 0 Å². The van der Waals surface area contributed by atoms with E-state index in [1.165, 1.54) is 11.3 Å². The van der Waals surface area contributed by atoms with Crippen LogP contribution in [0.5, 0.6) is 0 Å². The second kappa shape index (κ2) is 4.17. The lowest BCUT2D eigenvalue weighted by Gasteiger charge is -2.62. The monoisotopic (exact) mass is 326 g/mol. The number of aliphatic hydroxyl groups is 2. The van der Waals surface area contributed by atoms with Crippen LogP contribution < -0.4 is 4.90 Å². The first-order chi connectivity index (χ1) is 11.6. The van der Waals surface area contributed by atoms with E-state index in [9.17, 15) is 10.2 Å². The molecule has 4 saturated heterocycles. The third-order valence-corrected chi connectivity index (χ3v) is 8.46. The Morgan fingerprint density at radius 3 is 2.79 bits per heavy atom. The highest BCUT2D eigenvalue weighted by atomic mass is 16.3. The number of anilines is 1. The van der Waals surface area contributed by atoms with E-state index in [0.717, 1.165) is 19.3 Å². The van der Waals surface area contributed by atoms with Crippen molar-refractivity contribution in [2.45, 2.75) is 62.1 Å². The van der Waals surface area contributed by atoms with Crippen LogP contribution in [0.15, 0.2) is 24.3 Å². The Labute approximate surface area is 143 Å². The number of aliphatic hydroxyl groups excluding tert-OH is 2. The molecule has 4 nitrogen and oxygen atoms in total. The summed E-state index contributed by atoms with van der Waals surface area (Å²) in [6.45, 7) is 2.19. The molecule has 24 heavy (non-hydrogen) atoms. The van der Waals surface area contributed by atoms with Crippen LogP contribution in [0.1, 0.15) is 31.7 Å². The van der Waals surface area contributed by atoms with Crippen LogP contribution in [-0.4, -0.2) is 52.6 Å². The summed E-state index contributed by atoms with van der Waals surface area (Å²) in [6.07, 6.45) is 2.56. The van der Waals surface area contributed by atoms with Gasteiger partial charge in [-0.3, -0.25) is 4.90 Å². The SMILES string of the molecule is CC[C@@H]1C(O)N2[C@H]3C[C@@]45c6ccccc6N(C)[C@H]4[C@@H]2C[C@@H]1C3C5O. The minimum absolute atomic E-state index is 0.126. The molecular weight excluding hydrogens is 300 g/mol. The van der Waals surface area contributed by atoms with Gasteiger partial charge in [-0.15, -0.1) is 0 Å². The van der Waals surface area contributed by atoms with Crippen molar-refractivity contribution in [3.05, 3.63) is 29.8 Å². The molecule has 1 aromatic carbocycles. The topological polar surface area (TPSA) is 46.9 Å². The number of hydrogen-bond donors (Lipinski definition) is 2. The fourth-order valence-corrected chi connectivity index (χ4v) is 7.88. The van der Waals surface area contributed by atoms with Crippen LogP contribution >= 0.6 is 0 Å². The van der Waals surface area contributed by atoms with Gasteiger partial charge in [0.1, 0.15) is 6.23 Å². The highest BCUT2D eigenvalue weighted by Crippen LogP contribution is 2.68. The van der Waals surface area contributed by atoms with Crippen LogP contribution in [0.2, 0.25) is 0 Å². The summed E-state index contributed by atoms with van der Waals surface area (Å²) >= 11 is 0. The van der Waals surface area contributed by atoms with Gasteiger partial charge in [0, 0.05) is 42.1 Å². The zero-order valence-electron chi connectivity index (χ0n) is 14.3. The molecule has 4 unspecified atom stereocenters. The van der Waals surface area contributed by atoms with E-state index < -0.39 is 0 Å². The fourth-order valence-electron chi connectivity index (χ4n) is 7.88. The van der Waals surface area contributed by atoms with Crippen molar-refractivity contribution < 1.29 is 10.2 Å². The largest absolute Gasteiger partial charge is 0.392 e. The Bertz CT molecular complexity index is 723. The standard InChI is InChI=1S/C20H26N2O2/c1-3-10-11-8-14-17-20(12-6-4-5-7-13(12)21(17)2)9-15(16(11)18(20)23)22(14)19(10)24/h4-7,10-11,14-19,23-24H,3,8-9H2,1-2H3/t10-,11-,14-,15-,16?,17-,18?,19?,20+/m0/s1. The molecule has 4 heteroatoms. The Balaban J connectivity index is 1.60. The van der Waals surface area contributed by atoms with E-state index in [1.807, 2.05) is 0 Å². The maximum atomic E-state index is 11.6. The van der Waals surface area contributed by atoms with E-state index in [4.69, 9.17) is 0 Å². The molecule has 1 aliphatic carbocycles. The molecule has 1 saturated carbocycles. The summed E-state index contributed by atoms with van der Waals surface area (Å²) in [7, 11) is 2.19. The van der Waals surface area contributed by atoms with Gasteiger partial charge in [0.2, 0.25) is 0 Å². The summed E-state index contributed by atoms with van der Waals surface area (Å²) in [5.41, 5.74) is 2.51. The van der Waals surface area contributed by atoms with E-state index in [2.05, 4.69) is 48.0 Å². The molecule has 1 aromatic rings. The van der Waals surface area contributed by atoms with Crippen LogP contribution in [-0.2, 0) is 5.41 Å². The molecular formula is C20H26N2O2. The van der Waals surface area contributed by atoms with Gasteiger partial charge >= 0.3 is 0 Å². The second-order valence-corrected chi connectivity index (χ2v) is 8.81. The quantitative estimate of drug-likeness (QED) is 0.822. The molecule has 2 N–H and O–H groups in total. The maximum Gasteiger partial charge on any atom is 0.111 e. The van der Waals surface area contributed by atoms with E-state index in [-0.39, 0.29) is 17.7 Å². The van der Waals surface area contributed by atoms with Crippen molar-refractivity contribution in [2.75, 3.05) is 11.9 Å². The molecule has 5 heterocycles. The van der Waals surface area contributed by atoms with Crippen molar-refractivity contribution in [2.24, 2.45) is 17.8 Å². The smallest absolute Gasteiger partial charge is 0.111 e. The zero-order chi connectivity index (χ0) is 16.4. The normalized spacial score (nSPS) is 55.8. The average molecular weight is 326 g/mol. The van der Waals surface area contributed by atoms with Gasteiger partial charge in [-0.05, 0) is 36.8 Å². The number of likely N-dealkylation sites (N-methyl/N-ethyl adjacent to an activating group) is 1. The highest BCUT2D eigenvalue weighted by Gasteiger charge is 2.76. The van der Waals surface area contributed by atoms with Crippen LogP contribution in [0.4, 0.5) is 5.69 Å². The molecule has 5 bridgehead atoms. The molecule has 0 aromatic heterocycles.